The van der Waals surface area contributed by atoms with Crippen molar-refractivity contribution in [3.63, 3.8) is 0 Å². The van der Waals surface area contributed by atoms with Gasteiger partial charge in [-0.05, 0) is 24.3 Å². The molecule has 0 amide bonds. The molecule has 0 radical (unpaired) electrons. The van der Waals surface area contributed by atoms with Gasteiger partial charge in [0, 0.05) is 5.39 Å². The minimum Gasteiger partial charge on any atom is -0.464 e. The van der Waals surface area contributed by atoms with E-state index >= 15 is 0 Å². The Labute approximate surface area is 97.5 Å². The highest BCUT2D eigenvalue weighted by Crippen LogP contribution is 2.29. The van der Waals surface area contributed by atoms with Crippen molar-refractivity contribution in [3.05, 3.63) is 53.9 Å². The van der Waals surface area contributed by atoms with E-state index in [0.29, 0.717) is 5.15 Å². The van der Waals surface area contributed by atoms with Gasteiger partial charge >= 0.3 is 0 Å². The molecule has 2 nitrogen and oxygen atoms in total. The predicted molar refractivity (Wildman–Crippen MR) is 64.5 cm³/mol. The van der Waals surface area contributed by atoms with Crippen LogP contribution in [0.5, 0.6) is 0 Å². The number of rotatable bonds is 1. The fourth-order valence-corrected chi connectivity index (χ4v) is 1.94. The Hall–Kier alpha value is -1.80. The lowest BCUT2D eigenvalue weighted by Gasteiger charge is -2.03. The smallest absolute Gasteiger partial charge is 0.140 e. The molecule has 0 aliphatic heterocycles. The van der Waals surface area contributed by atoms with Gasteiger partial charge in [-0.1, -0.05) is 29.8 Å². The molecule has 16 heavy (non-hydrogen) atoms. The van der Waals surface area contributed by atoms with Crippen LogP contribution in [0.4, 0.5) is 0 Å². The minimum absolute atomic E-state index is 0.466. The Morgan fingerprint density at radius 2 is 1.94 bits per heavy atom. The largest absolute Gasteiger partial charge is 0.464 e. The number of fused-ring (bicyclic) bond motifs is 1. The molecule has 2 aromatic heterocycles. The molecule has 3 heteroatoms. The zero-order chi connectivity index (χ0) is 11.0. The number of aromatic nitrogens is 1. The second-order valence-corrected chi connectivity index (χ2v) is 3.85. The zero-order valence-electron chi connectivity index (χ0n) is 8.35. The van der Waals surface area contributed by atoms with Gasteiger partial charge in [-0.3, -0.25) is 0 Å². The summed E-state index contributed by atoms with van der Waals surface area (Å²) in [5.41, 5.74) is 1.72. The third-order valence-electron chi connectivity index (χ3n) is 2.46. The highest BCUT2D eigenvalue weighted by molar-refractivity contribution is 6.32. The van der Waals surface area contributed by atoms with E-state index in [1.54, 1.807) is 6.26 Å². The van der Waals surface area contributed by atoms with Gasteiger partial charge in [0.25, 0.3) is 0 Å². The van der Waals surface area contributed by atoms with Crippen molar-refractivity contribution >= 4 is 22.5 Å². The van der Waals surface area contributed by atoms with Crippen molar-refractivity contribution in [3.8, 4) is 11.3 Å². The van der Waals surface area contributed by atoms with E-state index in [1.807, 2.05) is 42.5 Å². The number of hydrogen-bond donors (Lipinski definition) is 0. The maximum atomic E-state index is 6.12. The van der Waals surface area contributed by atoms with Crippen molar-refractivity contribution in [1.82, 2.24) is 4.98 Å². The van der Waals surface area contributed by atoms with Crippen LogP contribution in [0.3, 0.4) is 0 Å². The van der Waals surface area contributed by atoms with Crippen LogP contribution in [0.25, 0.3) is 22.2 Å². The Morgan fingerprint density at radius 1 is 1.06 bits per heavy atom. The third kappa shape index (κ3) is 1.48. The summed E-state index contributed by atoms with van der Waals surface area (Å²) < 4.78 is 5.32. The number of halogens is 1. The summed E-state index contributed by atoms with van der Waals surface area (Å²) in [6, 6.07) is 13.6. The molecular weight excluding hydrogens is 222 g/mol. The lowest BCUT2D eigenvalue weighted by Crippen LogP contribution is -1.84. The van der Waals surface area contributed by atoms with E-state index in [1.165, 1.54) is 0 Å². The molecule has 2 heterocycles. The molecule has 0 N–H and O–H groups in total. The summed E-state index contributed by atoms with van der Waals surface area (Å²) in [5.74, 6) is 0.739. The van der Waals surface area contributed by atoms with E-state index in [4.69, 9.17) is 16.0 Å². The summed E-state index contributed by atoms with van der Waals surface area (Å²) in [4.78, 5) is 4.34. The Balaban J connectivity index is 2.30. The van der Waals surface area contributed by atoms with E-state index in [-0.39, 0.29) is 0 Å². The number of hydrogen-bond acceptors (Lipinski definition) is 2. The second kappa shape index (κ2) is 3.65. The van der Waals surface area contributed by atoms with Crippen LogP contribution in [-0.4, -0.2) is 4.98 Å². The minimum atomic E-state index is 0.466. The van der Waals surface area contributed by atoms with Gasteiger partial charge in [-0.15, -0.1) is 0 Å². The molecule has 0 saturated carbocycles. The Morgan fingerprint density at radius 3 is 2.75 bits per heavy atom. The molecule has 0 fully saturated rings. The fourth-order valence-electron chi connectivity index (χ4n) is 1.70. The maximum absolute atomic E-state index is 6.12. The van der Waals surface area contributed by atoms with Crippen LogP contribution in [-0.2, 0) is 0 Å². The molecule has 0 aliphatic carbocycles. The van der Waals surface area contributed by atoms with E-state index in [9.17, 15) is 0 Å². The van der Waals surface area contributed by atoms with Gasteiger partial charge in [0.2, 0.25) is 0 Å². The number of furan rings is 1. The predicted octanol–water partition coefficient (Wildman–Crippen LogP) is 4.15. The van der Waals surface area contributed by atoms with Crippen molar-refractivity contribution in [2.24, 2.45) is 0 Å². The van der Waals surface area contributed by atoms with Crippen LogP contribution in [0.15, 0.2) is 53.1 Å². The summed E-state index contributed by atoms with van der Waals surface area (Å²) in [6.45, 7) is 0. The molecule has 3 aromatic rings. The van der Waals surface area contributed by atoms with E-state index in [2.05, 4.69) is 4.98 Å². The molecule has 1 aromatic carbocycles. The van der Waals surface area contributed by atoms with Crippen molar-refractivity contribution in [1.29, 1.82) is 0 Å². The molecule has 0 unspecified atom stereocenters. The van der Waals surface area contributed by atoms with Crippen LogP contribution in [0.1, 0.15) is 0 Å². The van der Waals surface area contributed by atoms with Crippen molar-refractivity contribution in [2.45, 2.75) is 0 Å². The molecule has 0 spiro atoms. The maximum Gasteiger partial charge on any atom is 0.140 e. The Kier molecular flexibility index (Phi) is 2.15. The van der Waals surface area contributed by atoms with Crippen molar-refractivity contribution in [2.75, 3.05) is 0 Å². The second-order valence-electron chi connectivity index (χ2n) is 3.50. The van der Waals surface area contributed by atoms with Crippen LogP contribution < -0.4 is 0 Å². The average Bonchev–Trinajstić information content (AvgIpc) is 2.81. The quantitative estimate of drug-likeness (QED) is 0.586. The molecule has 0 saturated heterocycles. The summed E-state index contributed by atoms with van der Waals surface area (Å²) >= 11 is 6.12. The standard InChI is InChI=1S/C13H8ClNO/c14-13-10(12-6-3-7-16-12)8-9-4-1-2-5-11(9)15-13/h1-8H. The third-order valence-corrected chi connectivity index (χ3v) is 2.75. The summed E-state index contributed by atoms with van der Waals surface area (Å²) in [6.07, 6.45) is 1.63. The number of para-hydroxylation sites is 1. The first-order valence-electron chi connectivity index (χ1n) is 4.94. The first kappa shape index (κ1) is 9.43. The zero-order valence-corrected chi connectivity index (χ0v) is 9.11. The SMILES string of the molecule is Clc1nc2ccccc2cc1-c1ccco1. The van der Waals surface area contributed by atoms with Gasteiger partial charge < -0.3 is 4.42 Å². The molecule has 3 rings (SSSR count). The first-order chi connectivity index (χ1) is 7.84. The normalized spacial score (nSPS) is 10.8. The first-order valence-corrected chi connectivity index (χ1v) is 5.31. The number of nitrogens with zero attached hydrogens (tertiary/aromatic N) is 1. The molecular formula is C13H8ClNO. The molecule has 0 atom stereocenters. The van der Waals surface area contributed by atoms with E-state index in [0.717, 1.165) is 22.2 Å². The molecule has 0 aliphatic rings. The van der Waals surface area contributed by atoms with Gasteiger partial charge in [-0.25, -0.2) is 4.98 Å². The van der Waals surface area contributed by atoms with Gasteiger partial charge in [-0.2, -0.15) is 0 Å². The summed E-state index contributed by atoms with van der Waals surface area (Å²) in [7, 11) is 0. The summed E-state index contributed by atoms with van der Waals surface area (Å²) in [5, 5.41) is 1.52. The topological polar surface area (TPSA) is 26.0 Å². The van der Waals surface area contributed by atoms with Crippen LogP contribution >= 0.6 is 11.6 Å². The monoisotopic (exact) mass is 229 g/mol. The highest BCUT2D eigenvalue weighted by atomic mass is 35.5. The lowest BCUT2D eigenvalue weighted by atomic mass is 10.1. The average molecular weight is 230 g/mol. The van der Waals surface area contributed by atoms with Crippen molar-refractivity contribution < 1.29 is 4.42 Å². The lowest BCUT2D eigenvalue weighted by molar-refractivity contribution is 0.582. The number of pyridine rings is 1. The highest BCUT2D eigenvalue weighted by Gasteiger charge is 2.08. The van der Waals surface area contributed by atoms with Crippen LogP contribution in [0, 0.1) is 0 Å². The molecule has 78 valence electrons. The fraction of sp³-hybridized carbons (Fsp3) is 0. The molecule has 0 bridgehead atoms. The Bertz CT molecular complexity index is 631. The van der Waals surface area contributed by atoms with E-state index < -0.39 is 0 Å². The number of benzene rings is 1. The van der Waals surface area contributed by atoms with Crippen LogP contribution in [0.2, 0.25) is 5.15 Å². The van der Waals surface area contributed by atoms with Gasteiger partial charge in [0.15, 0.2) is 0 Å². The van der Waals surface area contributed by atoms with Gasteiger partial charge in [0.05, 0.1) is 17.3 Å². The van der Waals surface area contributed by atoms with Gasteiger partial charge in [0.1, 0.15) is 10.9 Å².